The Balaban J connectivity index is 1.46. The van der Waals surface area contributed by atoms with Crippen LogP contribution >= 0.6 is 22.9 Å². The summed E-state index contributed by atoms with van der Waals surface area (Å²) >= 11 is 7.75. The molecule has 1 aromatic carbocycles. The van der Waals surface area contributed by atoms with E-state index in [1.807, 2.05) is 30.3 Å². The first kappa shape index (κ1) is 34.8. The SMILES string of the molecule is COC1CCN(c2cc(-c3ccc4c(ccc5sc6c(c54)N(C(=O)OC(C)(C)C)C[C@@H](C)N(C(=O)OC(C)(C)C)C6=O)n3)cc(Cl)n2)CC1. The number of halogens is 1. The van der Waals surface area contributed by atoms with Gasteiger partial charge in [0.1, 0.15) is 27.1 Å². The number of fused-ring (bicyclic) bond motifs is 5. The van der Waals surface area contributed by atoms with E-state index >= 15 is 0 Å². The smallest absolute Gasteiger partial charge is 0.417 e. The van der Waals surface area contributed by atoms with Crippen molar-refractivity contribution in [1.29, 1.82) is 0 Å². The predicted molar refractivity (Wildman–Crippen MR) is 193 cm³/mol. The number of anilines is 2. The maximum absolute atomic E-state index is 14.2. The van der Waals surface area contributed by atoms with Crippen molar-refractivity contribution in [3.8, 4) is 11.3 Å². The second kappa shape index (κ2) is 13.0. The molecule has 3 aromatic heterocycles. The molecule has 3 amide bonds. The van der Waals surface area contributed by atoms with Crippen molar-refractivity contribution in [2.24, 2.45) is 0 Å². The monoisotopic (exact) mass is 707 g/mol. The van der Waals surface area contributed by atoms with Crippen molar-refractivity contribution < 1.29 is 28.6 Å². The molecule has 1 atom stereocenters. The number of carbonyl (C=O) groups is 3. The lowest BCUT2D eigenvalue weighted by Gasteiger charge is -2.32. The molecule has 0 saturated carbocycles. The van der Waals surface area contributed by atoms with E-state index in [0.717, 1.165) is 52.3 Å². The molecule has 260 valence electrons. The van der Waals surface area contributed by atoms with Crippen LogP contribution in [0.5, 0.6) is 0 Å². The van der Waals surface area contributed by atoms with Crippen LogP contribution in [-0.4, -0.2) is 83.1 Å². The van der Waals surface area contributed by atoms with E-state index < -0.39 is 35.3 Å². The minimum Gasteiger partial charge on any atom is -0.443 e. The number of pyridine rings is 2. The van der Waals surface area contributed by atoms with E-state index in [0.29, 0.717) is 27.4 Å². The summed E-state index contributed by atoms with van der Waals surface area (Å²) in [6.45, 7) is 14.0. The lowest BCUT2D eigenvalue weighted by molar-refractivity contribution is 0.0182. The normalized spacial score (nSPS) is 17.8. The largest absolute Gasteiger partial charge is 0.443 e. The summed E-state index contributed by atoms with van der Waals surface area (Å²) in [6, 6.07) is 10.7. The van der Waals surface area contributed by atoms with E-state index in [-0.39, 0.29) is 17.5 Å². The standard InChI is InChI=1S/C36H42ClN5O6S/c1-20-19-41(33(44)47-35(2,3)4)30-29-23-9-10-24(21-17-27(37)39-28(18-21)40-15-13-22(46-8)14-16-40)38-25(23)11-12-26(29)49-31(30)32(43)42(20)34(45)48-36(5,6)7/h9-12,17-18,20,22H,13-16,19H2,1-8H3/t20-/m1/s1. The van der Waals surface area contributed by atoms with Crippen LogP contribution in [0.1, 0.15) is 71.0 Å². The Kier molecular flexibility index (Phi) is 9.27. The molecule has 0 aliphatic carbocycles. The molecule has 6 rings (SSSR count). The number of rotatable bonds is 3. The average molecular weight is 708 g/mol. The van der Waals surface area contributed by atoms with Gasteiger partial charge >= 0.3 is 12.2 Å². The van der Waals surface area contributed by atoms with E-state index in [4.69, 9.17) is 30.8 Å². The van der Waals surface area contributed by atoms with E-state index in [1.54, 1.807) is 61.6 Å². The second-order valence-corrected chi connectivity index (χ2v) is 16.0. The van der Waals surface area contributed by atoms with Gasteiger partial charge in [-0.3, -0.25) is 9.69 Å². The predicted octanol–water partition coefficient (Wildman–Crippen LogP) is 8.30. The summed E-state index contributed by atoms with van der Waals surface area (Å²) in [7, 11) is 1.74. The number of hydrogen-bond acceptors (Lipinski definition) is 10. The van der Waals surface area contributed by atoms with Gasteiger partial charge in [-0.1, -0.05) is 11.6 Å². The van der Waals surface area contributed by atoms with Crippen molar-refractivity contribution in [2.75, 3.05) is 36.5 Å². The molecule has 0 N–H and O–H groups in total. The summed E-state index contributed by atoms with van der Waals surface area (Å²) in [4.78, 5) is 56.1. The Bertz CT molecular complexity index is 1940. The van der Waals surface area contributed by atoms with Gasteiger partial charge in [0.2, 0.25) is 0 Å². The molecule has 49 heavy (non-hydrogen) atoms. The molecule has 1 fully saturated rings. The molecule has 4 aromatic rings. The van der Waals surface area contributed by atoms with Gasteiger partial charge in [0.25, 0.3) is 5.91 Å². The zero-order chi connectivity index (χ0) is 35.4. The van der Waals surface area contributed by atoms with Gasteiger partial charge in [0.05, 0.1) is 35.6 Å². The number of methoxy groups -OCH3 is 1. The maximum atomic E-state index is 14.2. The molecule has 1 saturated heterocycles. The Morgan fingerprint density at radius 3 is 2.27 bits per heavy atom. The third-order valence-corrected chi connectivity index (χ3v) is 9.77. The van der Waals surface area contributed by atoms with Crippen LogP contribution in [0, 0.1) is 0 Å². The first-order valence-corrected chi connectivity index (χ1v) is 17.6. The summed E-state index contributed by atoms with van der Waals surface area (Å²) in [5, 5.41) is 1.81. The van der Waals surface area contributed by atoms with Crippen LogP contribution in [0.2, 0.25) is 5.15 Å². The summed E-state index contributed by atoms with van der Waals surface area (Å²) in [5.74, 6) is 0.253. The fraction of sp³-hybridized carbons (Fsp3) is 0.472. The third-order valence-electron chi connectivity index (χ3n) is 8.45. The molecule has 13 heteroatoms. The first-order valence-electron chi connectivity index (χ1n) is 16.4. The fourth-order valence-electron chi connectivity index (χ4n) is 6.27. The van der Waals surface area contributed by atoms with Crippen molar-refractivity contribution in [2.45, 2.75) is 84.7 Å². The Morgan fingerprint density at radius 2 is 1.61 bits per heavy atom. The number of carbonyl (C=O) groups excluding carboxylic acids is 3. The number of imide groups is 1. The van der Waals surface area contributed by atoms with Crippen LogP contribution in [0.25, 0.3) is 32.2 Å². The Morgan fingerprint density at radius 1 is 0.939 bits per heavy atom. The summed E-state index contributed by atoms with van der Waals surface area (Å²) < 4.78 is 17.8. The first-order chi connectivity index (χ1) is 23.0. The molecule has 2 aliphatic heterocycles. The number of piperidine rings is 1. The van der Waals surface area contributed by atoms with E-state index in [9.17, 15) is 14.4 Å². The number of thiophene rings is 1. The Hall–Kier alpha value is -4.00. The minimum absolute atomic E-state index is 0.0144. The van der Waals surface area contributed by atoms with Gasteiger partial charge in [-0.25, -0.2) is 24.5 Å². The molecule has 5 heterocycles. The molecule has 0 unspecified atom stereocenters. The van der Waals surface area contributed by atoms with Gasteiger partial charge in [0.15, 0.2) is 0 Å². The highest BCUT2D eigenvalue weighted by molar-refractivity contribution is 7.21. The molecule has 0 bridgehead atoms. The van der Waals surface area contributed by atoms with Crippen molar-refractivity contribution >= 4 is 73.5 Å². The van der Waals surface area contributed by atoms with Crippen LogP contribution in [0.15, 0.2) is 36.4 Å². The number of benzene rings is 1. The molecule has 0 radical (unpaired) electrons. The van der Waals surface area contributed by atoms with Gasteiger partial charge in [-0.05, 0) is 97.7 Å². The molecule has 2 aliphatic rings. The lowest BCUT2D eigenvalue weighted by atomic mass is 10.1. The van der Waals surface area contributed by atoms with Gasteiger partial charge in [0, 0.05) is 41.2 Å². The van der Waals surface area contributed by atoms with Crippen LogP contribution in [0.3, 0.4) is 0 Å². The molecular weight excluding hydrogens is 666 g/mol. The van der Waals surface area contributed by atoms with Crippen LogP contribution in [0.4, 0.5) is 21.1 Å². The summed E-state index contributed by atoms with van der Waals surface area (Å²) in [6.07, 6.45) is 0.674. The number of aromatic nitrogens is 2. The molecule has 0 spiro atoms. The third kappa shape index (κ3) is 7.18. The number of amides is 3. The number of hydrogen-bond donors (Lipinski definition) is 0. The van der Waals surface area contributed by atoms with Crippen molar-refractivity contribution in [3.63, 3.8) is 0 Å². The lowest BCUT2D eigenvalue weighted by Crippen LogP contribution is -2.49. The molecule has 11 nitrogen and oxygen atoms in total. The minimum atomic E-state index is -0.822. The van der Waals surface area contributed by atoms with Crippen molar-refractivity contribution in [1.82, 2.24) is 14.9 Å². The zero-order valence-corrected chi connectivity index (χ0v) is 30.7. The van der Waals surface area contributed by atoms with Gasteiger partial charge in [-0.15, -0.1) is 11.3 Å². The highest BCUT2D eigenvalue weighted by Crippen LogP contribution is 2.45. The average Bonchev–Trinajstić information content (AvgIpc) is 3.36. The quantitative estimate of drug-likeness (QED) is 0.194. The number of nitrogens with zero attached hydrogens (tertiary/aromatic N) is 5. The maximum Gasteiger partial charge on any atom is 0.417 e. The van der Waals surface area contributed by atoms with Crippen LogP contribution < -0.4 is 9.80 Å². The highest BCUT2D eigenvalue weighted by atomic mass is 35.5. The van der Waals surface area contributed by atoms with Gasteiger partial charge < -0.3 is 19.1 Å². The Labute approximate surface area is 295 Å². The highest BCUT2D eigenvalue weighted by Gasteiger charge is 2.42. The fourth-order valence-corrected chi connectivity index (χ4v) is 7.63. The second-order valence-electron chi connectivity index (χ2n) is 14.5. The molecular formula is C36H42ClN5O6S. The number of ether oxygens (including phenoxy) is 3. The van der Waals surface area contributed by atoms with E-state index in [1.165, 1.54) is 16.2 Å². The topological polar surface area (TPSA) is 114 Å². The van der Waals surface area contributed by atoms with Crippen molar-refractivity contribution in [3.05, 3.63) is 46.4 Å². The van der Waals surface area contributed by atoms with Crippen LogP contribution in [-0.2, 0) is 14.2 Å². The van der Waals surface area contributed by atoms with Gasteiger partial charge in [-0.2, -0.15) is 0 Å². The van der Waals surface area contributed by atoms with E-state index in [2.05, 4.69) is 9.88 Å². The zero-order valence-electron chi connectivity index (χ0n) is 29.1. The summed E-state index contributed by atoms with van der Waals surface area (Å²) in [5.41, 5.74) is 0.968.